The van der Waals surface area contributed by atoms with Crippen LogP contribution in [0, 0.1) is 11.3 Å². The van der Waals surface area contributed by atoms with Gasteiger partial charge in [-0.1, -0.05) is 0 Å². The van der Waals surface area contributed by atoms with Crippen LogP contribution in [0.25, 0.3) is 10.1 Å². The van der Waals surface area contributed by atoms with E-state index in [-0.39, 0.29) is 11.3 Å². The number of nitrogens with two attached hydrogens (primary N) is 1. The molecule has 0 amide bonds. The second-order valence-electron chi connectivity index (χ2n) is 2.64. The van der Waals surface area contributed by atoms with Gasteiger partial charge in [-0.15, -0.1) is 11.3 Å². The van der Waals surface area contributed by atoms with Gasteiger partial charge in [0.05, 0.1) is 16.0 Å². The quantitative estimate of drug-likeness (QED) is 0.493. The Labute approximate surface area is 78.6 Å². The summed E-state index contributed by atoms with van der Waals surface area (Å²) in [5.41, 5.74) is 6.46. The highest BCUT2D eigenvalue weighted by Gasteiger charge is 2.09. The zero-order chi connectivity index (χ0) is 9.42. The topological polar surface area (TPSA) is 70.0 Å². The highest BCUT2D eigenvalue weighted by molar-refractivity contribution is 7.17. The van der Waals surface area contributed by atoms with Gasteiger partial charge in [0.1, 0.15) is 11.8 Å². The predicted octanol–water partition coefficient (Wildman–Crippen LogP) is 2.06. The van der Waals surface area contributed by atoms with Crippen molar-refractivity contribution in [3.05, 3.63) is 23.1 Å². The van der Waals surface area contributed by atoms with Gasteiger partial charge in [0.2, 0.25) is 0 Å². The van der Waals surface area contributed by atoms with Crippen molar-refractivity contribution < 1.29 is 5.11 Å². The number of thiophene rings is 1. The van der Waals surface area contributed by atoms with Gasteiger partial charge in [-0.2, -0.15) is 5.26 Å². The van der Waals surface area contributed by atoms with E-state index >= 15 is 0 Å². The van der Waals surface area contributed by atoms with Gasteiger partial charge < -0.3 is 10.8 Å². The second kappa shape index (κ2) is 2.64. The van der Waals surface area contributed by atoms with Crippen molar-refractivity contribution in [3.63, 3.8) is 0 Å². The molecule has 1 heterocycles. The molecule has 0 aliphatic carbocycles. The van der Waals surface area contributed by atoms with Gasteiger partial charge in [-0.25, -0.2) is 0 Å². The van der Waals surface area contributed by atoms with Crippen LogP contribution in [0.15, 0.2) is 17.5 Å². The lowest BCUT2D eigenvalue weighted by atomic mass is 10.1. The number of nitrogens with zero attached hydrogens (tertiary/aromatic N) is 1. The van der Waals surface area contributed by atoms with E-state index in [9.17, 15) is 5.11 Å². The van der Waals surface area contributed by atoms with Crippen molar-refractivity contribution in [2.75, 3.05) is 5.73 Å². The molecule has 3 nitrogen and oxygen atoms in total. The predicted molar refractivity (Wildman–Crippen MR) is 52.6 cm³/mol. The zero-order valence-electron chi connectivity index (χ0n) is 6.61. The van der Waals surface area contributed by atoms with Gasteiger partial charge in [-0.3, -0.25) is 0 Å². The first-order valence-corrected chi connectivity index (χ1v) is 4.50. The summed E-state index contributed by atoms with van der Waals surface area (Å²) in [7, 11) is 0. The molecule has 0 atom stereocenters. The molecule has 0 aliphatic heterocycles. The normalized spacial score (nSPS) is 10.1. The van der Waals surface area contributed by atoms with Gasteiger partial charge in [0, 0.05) is 5.39 Å². The van der Waals surface area contributed by atoms with Crippen LogP contribution in [0.3, 0.4) is 0 Å². The second-order valence-corrected chi connectivity index (χ2v) is 3.55. The lowest BCUT2D eigenvalue weighted by molar-refractivity contribution is 0.480. The number of anilines is 1. The summed E-state index contributed by atoms with van der Waals surface area (Å²) >= 11 is 1.45. The van der Waals surface area contributed by atoms with E-state index in [1.54, 1.807) is 6.07 Å². The minimum absolute atomic E-state index is 0.0213. The Morgan fingerprint density at radius 2 is 2.31 bits per heavy atom. The number of benzene rings is 1. The van der Waals surface area contributed by atoms with Gasteiger partial charge in [0.15, 0.2) is 0 Å². The number of nitrogen functional groups attached to an aromatic ring is 1. The summed E-state index contributed by atoms with van der Waals surface area (Å²) in [4.78, 5) is 0. The molecule has 0 radical (unpaired) electrons. The molecular formula is C9H6N2OS. The van der Waals surface area contributed by atoms with Crippen LogP contribution in [0.2, 0.25) is 0 Å². The monoisotopic (exact) mass is 190 g/mol. The molecule has 0 unspecified atom stereocenters. The summed E-state index contributed by atoms with van der Waals surface area (Å²) in [6, 6.07) is 5.14. The van der Waals surface area contributed by atoms with E-state index in [0.29, 0.717) is 11.1 Å². The van der Waals surface area contributed by atoms with Crippen LogP contribution in [-0.4, -0.2) is 5.11 Å². The fraction of sp³-hybridized carbons (Fsp3) is 0. The van der Waals surface area contributed by atoms with Crippen LogP contribution in [-0.2, 0) is 0 Å². The number of hydrogen-bond donors (Lipinski definition) is 2. The summed E-state index contributed by atoms with van der Waals surface area (Å²) in [6.45, 7) is 0. The maximum absolute atomic E-state index is 9.59. The number of fused-ring (bicyclic) bond motifs is 1. The molecule has 4 heteroatoms. The van der Waals surface area contributed by atoms with E-state index in [1.165, 1.54) is 17.4 Å². The Hall–Kier alpha value is -1.73. The van der Waals surface area contributed by atoms with Crippen molar-refractivity contribution in [2.45, 2.75) is 0 Å². The molecule has 1 aromatic heterocycles. The SMILES string of the molecule is N#Cc1cc(N)c2sccc2c1O. The molecule has 13 heavy (non-hydrogen) atoms. The standard InChI is InChI=1S/C9H6N2OS/c10-4-5-3-7(11)9-6(8(5)12)1-2-13-9/h1-3,12H,11H2. The van der Waals surface area contributed by atoms with Crippen LogP contribution < -0.4 is 5.73 Å². The average molecular weight is 190 g/mol. The van der Waals surface area contributed by atoms with Crippen LogP contribution >= 0.6 is 11.3 Å². The first-order valence-electron chi connectivity index (χ1n) is 3.63. The minimum Gasteiger partial charge on any atom is -0.506 e. The molecule has 2 rings (SSSR count). The molecule has 0 fully saturated rings. The molecule has 0 aliphatic rings. The fourth-order valence-electron chi connectivity index (χ4n) is 1.24. The average Bonchev–Trinajstić information content (AvgIpc) is 2.60. The lowest BCUT2D eigenvalue weighted by Gasteiger charge is -2.00. The third kappa shape index (κ3) is 1.02. The van der Waals surface area contributed by atoms with Gasteiger partial charge in [0.25, 0.3) is 0 Å². The molecule has 64 valence electrons. The van der Waals surface area contributed by atoms with Gasteiger partial charge >= 0.3 is 0 Å². The highest BCUT2D eigenvalue weighted by Crippen LogP contribution is 2.36. The van der Waals surface area contributed by atoms with Gasteiger partial charge in [-0.05, 0) is 17.5 Å². The Bertz CT molecular complexity index is 510. The van der Waals surface area contributed by atoms with Crippen LogP contribution in [0.5, 0.6) is 5.75 Å². The molecule has 3 N–H and O–H groups in total. The van der Waals surface area contributed by atoms with E-state index in [1.807, 2.05) is 11.4 Å². The number of phenolic OH excluding ortho intramolecular Hbond substituents is 1. The lowest BCUT2D eigenvalue weighted by Crippen LogP contribution is -1.87. The Balaban J connectivity index is 2.95. The molecular weight excluding hydrogens is 184 g/mol. The summed E-state index contributed by atoms with van der Waals surface area (Å²) in [5, 5.41) is 20.8. The largest absolute Gasteiger partial charge is 0.506 e. The molecule has 0 saturated heterocycles. The highest BCUT2D eigenvalue weighted by atomic mass is 32.1. The van der Waals surface area contributed by atoms with Crippen LogP contribution in [0.4, 0.5) is 5.69 Å². The smallest absolute Gasteiger partial charge is 0.142 e. The van der Waals surface area contributed by atoms with Crippen molar-refractivity contribution >= 4 is 27.1 Å². The van der Waals surface area contributed by atoms with E-state index in [2.05, 4.69) is 0 Å². The van der Waals surface area contributed by atoms with Crippen molar-refractivity contribution in [3.8, 4) is 11.8 Å². The molecule has 0 saturated carbocycles. The number of phenols is 1. The van der Waals surface area contributed by atoms with Crippen molar-refractivity contribution in [2.24, 2.45) is 0 Å². The first kappa shape index (κ1) is 7.90. The minimum atomic E-state index is 0.0213. The summed E-state index contributed by atoms with van der Waals surface area (Å²) in [5.74, 6) is 0.0213. The fourth-order valence-corrected chi connectivity index (χ4v) is 2.07. The van der Waals surface area contributed by atoms with Crippen LogP contribution in [0.1, 0.15) is 5.56 Å². The van der Waals surface area contributed by atoms with E-state index < -0.39 is 0 Å². The van der Waals surface area contributed by atoms with Crippen molar-refractivity contribution in [1.29, 1.82) is 5.26 Å². The number of hydrogen-bond acceptors (Lipinski definition) is 4. The summed E-state index contributed by atoms with van der Waals surface area (Å²) < 4.78 is 0.830. The molecule has 0 spiro atoms. The Morgan fingerprint density at radius 1 is 1.54 bits per heavy atom. The van der Waals surface area contributed by atoms with E-state index in [0.717, 1.165) is 4.70 Å². The number of aromatic hydroxyl groups is 1. The Kier molecular flexibility index (Phi) is 1.61. The third-order valence-electron chi connectivity index (χ3n) is 1.86. The number of nitriles is 1. The first-order chi connectivity index (χ1) is 6.24. The Morgan fingerprint density at radius 3 is 3.00 bits per heavy atom. The maximum atomic E-state index is 9.59. The zero-order valence-corrected chi connectivity index (χ0v) is 7.43. The number of rotatable bonds is 0. The van der Waals surface area contributed by atoms with E-state index in [4.69, 9.17) is 11.0 Å². The van der Waals surface area contributed by atoms with Crippen molar-refractivity contribution in [1.82, 2.24) is 0 Å². The molecule has 2 aromatic rings. The molecule has 1 aromatic carbocycles. The third-order valence-corrected chi connectivity index (χ3v) is 2.82. The molecule has 0 bridgehead atoms. The summed E-state index contributed by atoms with van der Waals surface area (Å²) in [6.07, 6.45) is 0. The maximum Gasteiger partial charge on any atom is 0.142 e.